The predicted octanol–water partition coefficient (Wildman–Crippen LogP) is 2.03. The van der Waals surface area contributed by atoms with Crippen molar-refractivity contribution in [3.8, 4) is 0 Å². The molecule has 0 aromatic carbocycles. The first-order valence-electron chi connectivity index (χ1n) is 5.65. The third-order valence-corrected chi connectivity index (χ3v) is 3.41. The summed E-state index contributed by atoms with van der Waals surface area (Å²) in [5.74, 6) is -0.183. The Balaban J connectivity index is 2.04. The summed E-state index contributed by atoms with van der Waals surface area (Å²) in [7, 11) is 1.67. The Labute approximate surface area is 105 Å². The lowest BCUT2D eigenvalue weighted by Gasteiger charge is -2.19. The summed E-state index contributed by atoms with van der Waals surface area (Å²) in [4.78, 5) is 15.9. The predicted molar refractivity (Wildman–Crippen MR) is 65.1 cm³/mol. The van der Waals surface area contributed by atoms with E-state index >= 15 is 0 Å². The maximum absolute atomic E-state index is 12.0. The van der Waals surface area contributed by atoms with Gasteiger partial charge in [-0.1, -0.05) is 11.6 Å². The van der Waals surface area contributed by atoms with Crippen LogP contribution in [-0.4, -0.2) is 30.1 Å². The van der Waals surface area contributed by atoms with Crippen LogP contribution >= 0.6 is 11.6 Å². The average molecular weight is 255 g/mol. The Morgan fingerprint density at radius 1 is 1.59 bits per heavy atom. The highest BCUT2D eigenvalue weighted by molar-refractivity contribution is 6.33. The molecule has 1 amide bonds. The van der Waals surface area contributed by atoms with Crippen LogP contribution in [-0.2, 0) is 4.74 Å². The fourth-order valence-electron chi connectivity index (χ4n) is 2.16. The van der Waals surface area contributed by atoms with Crippen molar-refractivity contribution in [3.05, 3.63) is 29.0 Å². The van der Waals surface area contributed by atoms with Gasteiger partial charge in [0.05, 0.1) is 22.7 Å². The number of pyridine rings is 1. The topological polar surface area (TPSA) is 51.2 Å². The Bertz CT molecular complexity index is 411. The molecule has 1 N–H and O–H groups in total. The van der Waals surface area contributed by atoms with Crippen LogP contribution < -0.4 is 5.32 Å². The number of hydrogen-bond donors (Lipinski definition) is 1. The van der Waals surface area contributed by atoms with Gasteiger partial charge in [0.15, 0.2) is 0 Å². The van der Waals surface area contributed by atoms with E-state index in [2.05, 4.69) is 10.3 Å². The monoisotopic (exact) mass is 254 g/mol. The van der Waals surface area contributed by atoms with E-state index in [1.165, 1.54) is 6.20 Å². The summed E-state index contributed by atoms with van der Waals surface area (Å²) >= 11 is 5.94. The molecule has 1 aromatic rings. The first-order valence-corrected chi connectivity index (χ1v) is 6.03. The van der Waals surface area contributed by atoms with Gasteiger partial charge in [0.2, 0.25) is 0 Å². The summed E-state index contributed by atoms with van der Waals surface area (Å²) in [6.45, 7) is 0. The van der Waals surface area contributed by atoms with Gasteiger partial charge >= 0.3 is 0 Å². The molecule has 1 aliphatic carbocycles. The van der Waals surface area contributed by atoms with Gasteiger partial charge in [-0.25, -0.2) is 0 Å². The third-order valence-electron chi connectivity index (χ3n) is 3.08. The average Bonchev–Trinajstić information content (AvgIpc) is 2.76. The highest BCUT2D eigenvalue weighted by Gasteiger charge is 2.29. The zero-order valence-electron chi connectivity index (χ0n) is 9.65. The number of methoxy groups -OCH3 is 1. The highest BCUT2D eigenvalue weighted by atomic mass is 35.5. The number of halogens is 1. The van der Waals surface area contributed by atoms with Crippen LogP contribution in [0.25, 0.3) is 0 Å². The van der Waals surface area contributed by atoms with E-state index in [-0.39, 0.29) is 18.1 Å². The van der Waals surface area contributed by atoms with Crippen LogP contribution in [0.15, 0.2) is 18.5 Å². The molecule has 1 fully saturated rings. The molecule has 2 rings (SSSR count). The molecule has 0 bridgehead atoms. The van der Waals surface area contributed by atoms with Crippen LogP contribution in [0.3, 0.4) is 0 Å². The second-order valence-electron chi connectivity index (χ2n) is 4.14. The smallest absolute Gasteiger partial charge is 0.254 e. The summed E-state index contributed by atoms with van der Waals surface area (Å²) in [5.41, 5.74) is 0.413. The van der Waals surface area contributed by atoms with Crippen LogP contribution in [0.2, 0.25) is 5.02 Å². The number of aromatic nitrogens is 1. The van der Waals surface area contributed by atoms with Crippen LogP contribution in [0.5, 0.6) is 0 Å². The van der Waals surface area contributed by atoms with Crippen molar-refractivity contribution in [1.29, 1.82) is 0 Å². The maximum Gasteiger partial charge on any atom is 0.254 e. The van der Waals surface area contributed by atoms with E-state index in [0.29, 0.717) is 10.6 Å². The number of rotatable bonds is 3. The molecule has 4 nitrogen and oxygen atoms in total. The van der Waals surface area contributed by atoms with Crippen molar-refractivity contribution in [2.24, 2.45) is 0 Å². The Hall–Kier alpha value is -1.13. The minimum Gasteiger partial charge on any atom is -0.379 e. The van der Waals surface area contributed by atoms with Crippen LogP contribution in [0.4, 0.5) is 0 Å². The number of hydrogen-bond acceptors (Lipinski definition) is 3. The molecular weight excluding hydrogens is 240 g/mol. The van der Waals surface area contributed by atoms with E-state index in [1.54, 1.807) is 19.4 Å². The van der Waals surface area contributed by atoms with Crippen molar-refractivity contribution >= 4 is 17.5 Å². The quantitative estimate of drug-likeness (QED) is 0.898. The fourth-order valence-corrected chi connectivity index (χ4v) is 2.35. The number of nitrogens with one attached hydrogen (secondary N) is 1. The summed E-state index contributed by atoms with van der Waals surface area (Å²) in [6.07, 6.45) is 6.16. The molecule has 0 saturated heterocycles. The first-order chi connectivity index (χ1) is 8.22. The van der Waals surface area contributed by atoms with Gasteiger partial charge in [-0.15, -0.1) is 0 Å². The van der Waals surface area contributed by atoms with Gasteiger partial charge in [-0.3, -0.25) is 9.78 Å². The van der Waals surface area contributed by atoms with Gasteiger partial charge in [-0.05, 0) is 25.3 Å². The molecule has 0 spiro atoms. The zero-order valence-corrected chi connectivity index (χ0v) is 10.4. The van der Waals surface area contributed by atoms with Crippen molar-refractivity contribution in [2.75, 3.05) is 7.11 Å². The van der Waals surface area contributed by atoms with Crippen molar-refractivity contribution in [1.82, 2.24) is 10.3 Å². The normalized spacial score (nSPS) is 23.6. The number of carbonyl (C=O) groups excluding carboxylic acids is 1. The molecule has 1 heterocycles. The van der Waals surface area contributed by atoms with E-state index < -0.39 is 0 Å². The SMILES string of the molecule is COC1CCCC1NC(=O)c1cnccc1Cl. The minimum absolute atomic E-state index is 0.0729. The lowest BCUT2D eigenvalue weighted by atomic mass is 10.2. The van der Waals surface area contributed by atoms with Gasteiger partial charge in [0.1, 0.15) is 0 Å². The molecular formula is C12H15ClN2O2. The Kier molecular flexibility index (Phi) is 3.97. The molecule has 17 heavy (non-hydrogen) atoms. The second kappa shape index (κ2) is 5.47. The molecule has 0 aliphatic heterocycles. The van der Waals surface area contributed by atoms with Crippen molar-refractivity contribution in [3.63, 3.8) is 0 Å². The molecule has 1 aromatic heterocycles. The van der Waals surface area contributed by atoms with E-state index in [9.17, 15) is 4.79 Å². The molecule has 1 aliphatic rings. The summed E-state index contributed by atoms with van der Waals surface area (Å²) in [6, 6.07) is 1.68. The standard InChI is InChI=1S/C12H15ClN2O2/c1-17-11-4-2-3-10(11)15-12(16)8-7-14-6-5-9(8)13/h5-7,10-11H,2-4H2,1H3,(H,15,16). The maximum atomic E-state index is 12.0. The molecule has 5 heteroatoms. The zero-order chi connectivity index (χ0) is 12.3. The van der Waals surface area contributed by atoms with Gasteiger partial charge in [-0.2, -0.15) is 0 Å². The lowest BCUT2D eigenvalue weighted by molar-refractivity contribution is 0.0722. The van der Waals surface area contributed by atoms with Crippen LogP contribution in [0.1, 0.15) is 29.6 Å². The van der Waals surface area contributed by atoms with E-state index in [1.807, 2.05) is 0 Å². The largest absolute Gasteiger partial charge is 0.379 e. The first kappa shape index (κ1) is 12.3. The molecule has 0 radical (unpaired) electrons. The Morgan fingerprint density at radius 3 is 3.12 bits per heavy atom. The highest BCUT2D eigenvalue weighted by Crippen LogP contribution is 2.22. The van der Waals surface area contributed by atoms with E-state index in [4.69, 9.17) is 16.3 Å². The van der Waals surface area contributed by atoms with Gasteiger partial charge < -0.3 is 10.1 Å². The number of nitrogens with zero attached hydrogens (tertiary/aromatic N) is 1. The molecule has 2 atom stereocenters. The van der Waals surface area contributed by atoms with Crippen molar-refractivity contribution < 1.29 is 9.53 Å². The lowest BCUT2D eigenvalue weighted by Crippen LogP contribution is -2.40. The molecule has 1 saturated carbocycles. The second-order valence-corrected chi connectivity index (χ2v) is 4.55. The third kappa shape index (κ3) is 2.76. The van der Waals surface area contributed by atoms with Crippen molar-refractivity contribution in [2.45, 2.75) is 31.4 Å². The van der Waals surface area contributed by atoms with Gasteiger partial charge in [0, 0.05) is 19.5 Å². The number of ether oxygens (including phenoxy) is 1. The summed E-state index contributed by atoms with van der Waals surface area (Å²) < 4.78 is 5.33. The molecule has 92 valence electrons. The minimum atomic E-state index is -0.183. The number of amides is 1. The van der Waals surface area contributed by atoms with Crippen LogP contribution in [0, 0.1) is 0 Å². The Morgan fingerprint density at radius 2 is 2.41 bits per heavy atom. The van der Waals surface area contributed by atoms with E-state index in [0.717, 1.165) is 19.3 Å². The van der Waals surface area contributed by atoms with Gasteiger partial charge in [0.25, 0.3) is 5.91 Å². The number of carbonyl (C=O) groups is 1. The summed E-state index contributed by atoms with van der Waals surface area (Å²) in [5, 5.41) is 3.37. The molecule has 2 unspecified atom stereocenters. The fraction of sp³-hybridized carbons (Fsp3) is 0.500.